The normalized spacial score (nSPS) is 23.8. The molecule has 2 atom stereocenters. The van der Waals surface area contributed by atoms with Crippen LogP contribution >= 0.6 is 11.8 Å². The summed E-state index contributed by atoms with van der Waals surface area (Å²) in [5, 5.41) is 9.83. The van der Waals surface area contributed by atoms with E-state index in [1.54, 1.807) is 36.0 Å². The van der Waals surface area contributed by atoms with Gasteiger partial charge in [-0.05, 0) is 43.0 Å². The number of ketones is 1. The first-order chi connectivity index (χ1) is 8.65. The van der Waals surface area contributed by atoms with Gasteiger partial charge in [0.1, 0.15) is 5.75 Å². The van der Waals surface area contributed by atoms with Crippen molar-refractivity contribution in [2.24, 2.45) is 5.92 Å². The highest BCUT2D eigenvalue weighted by Gasteiger charge is 2.20. The van der Waals surface area contributed by atoms with E-state index in [-0.39, 0.29) is 11.5 Å². The number of Topliss-reactive ketones (excluding diaryl/α,β-unsaturated/α-hetero) is 1. The highest BCUT2D eigenvalue weighted by molar-refractivity contribution is 8.00. The highest BCUT2D eigenvalue weighted by Crippen LogP contribution is 2.32. The van der Waals surface area contributed by atoms with Gasteiger partial charge in [-0.1, -0.05) is 19.8 Å². The molecular formula is C15H20O2S. The summed E-state index contributed by atoms with van der Waals surface area (Å²) in [4.78, 5) is 12.0. The van der Waals surface area contributed by atoms with Gasteiger partial charge in [0, 0.05) is 10.8 Å². The van der Waals surface area contributed by atoms with E-state index in [4.69, 9.17) is 0 Å². The van der Waals surface area contributed by atoms with Crippen molar-refractivity contribution >= 4 is 17.5 Å². The summed E-state index contributed by atoms with van der Waals surface area (Å²) in [6.45, 7) is 2.30. The van der Waals surface area contributed by atoms with E-state index in [0.29, 0.717) is 16.6 Å². The molecule has 1 aliphatic carbocycles. The van der Waals surface area contributed by atoms with E-state index in [2.05, 4.69) is 6.92 Å². The molecule has 1 fully saturated rings. The summed E-state index contributed by atoms with van der Waals surface area (Å²) in [7, 11) is 0. The van der Waals surface area contributed by atoms with Crippen molar-refractivity contribution in [3.8, 4) is 5.75 Å². The smallest absolute Gasteiger partial charge is 0.172 e. The number of hydrogen-bond donors (Lipinski definition) is 1. The van der Waals surface area contributed by atoms with E-state index in [0.717, 1.165) is 5.92 Å². The molecule has 1 aliphatic rings. The summed E-state index contributed by atoms with van der Waals surface area (Å²) < 4.78 is 0. The molecule has 1 N–H and O–H groups in total. The predicted octanol–water partition coefficient (Wildman–Crippen LogP) is 3.89. The summed E-state index contributed by atoms with van der Waals surface area (Å²) in [6, 6.07) is 6.53. The summed E-state index contributed by atoms with van der Waals surface area (Å²) in [6.07, 6.45) is 5.13. The number of phenols is 1. The molecule has 98 valence electrons. The minimum absolute atomic E-state index is 0.165. The lowest BCUT2D eigenvalue weighted by Gasteiger charge is -2.25. The van der Waals surface area contributed by atoms with Crippen LogP contribution in [0.3, 0.4) is 0 Å². The van der Waals surface area contributed by atoms with Crippen molar-refractivity contribution in [3.05, 3.63) is 29.8 Å². The molecule has 1 saturated carbocycles. The van der Waals surface area contributed by atoms with Gasteiger partial charge in [-0.15, -0.1) is 0 Å². The molecule has 2 rings (SSSR count). The monoisotopic (exact) mass is 264 g/mol. The summed E-state index contributed by atoms with van der Waals surface area (Å²) in [5.41, 5.74) is 0.698. The van der Waals surface area contributed by atoms with Gasteiger partial charge in [0.25, 0.3) is 0 Å². The van der Waals surface area contributed by atoms with Crippen molar-refractivity contribution in [1.29, 1.82) is 0 Å². The van der Waals surface area contributed by atoms with Gasteiger partial charge in [-0.2, -0.15) is 11.8 Å². The second-order valence-corrected chi connectivity index (χ2v) is 6.46. The second-order valence-electron chi connectivity index (χ2n) is 5.17. The van der Waals surface area contributed by atoms with Gasteiger partial charge in [0.05, 0.1) is 5.75 Å². The van der Waals surface area contributed by atoms with Crippen LogP contribution in [0.1, 0.15) is 43.0 Å². The van der Waals surface area contributed by atoms with Gasteiger partial charge in [-0.3, -0.25) is 4.79 Å². The maximum Gasteiger partial charge on any atom is 0.172 e. The van der Waals surface area contributed by atoms with Crippen LogP contribution in [0.2, 0.25) is 0 Å². The van der Waals surface area contributed by atoms with Crippen LogP contribution in [0.4, 0.5) is 0 Å². The largest absolute Gasteiger partial charge is 0.508 e. The first-order valence-corrected chi connectivity index (χ1v) is 7.64. The van der Waals surface area contributed by atoms with E-state index < -0.39 is 0 Å². The lowest BCUT2D eigenvalue weighted by Crippen LogP contribution is -2.17. The molecule has 18 heavy (non-hydrogen) atoms. The Morgan fingerprint density at radius 1 is 1.33 bits per heavy atom. The van der Waals surface area contributed by atoms with E-state index >= 15 is 0 Å². The number of aromatic hydroxyl groups is 1. The Morgan fingerprint density at radius 3 is 2.72 bits per heavy atom. The predicted molar refractivity (Wildman–Crippen MR) is 76.3 cm³/mol. The zero-order chi connectivity index (χ0) is 13.0. The Hall–Kier alpha value is -0.960. The molecule has 0 radical (unpaired) electrons. The standard InChI is InChI=1S/C15H20O2S/c1-11-3-2-4-14(9-11)18-10-15(17)12-5-7-13(16)8-6-12/h5-8,11,14,16H,2-4,9-10H2,1H3. The maximum atomic E-state index is 12.0. The first kappa shape index (κ1) is 13.5. The molecule has 0 heterocycles. The van der Waals surface area contributed by atoms with Gasteiger partial charge in [0.2, 0.25) is 0 Å². The number of carbonyl (C=O) groups is 1. The van der Waals surface area contributed by atoms with Gasteiger partial charge in [0.15, 0.2) is 5.78 Å². The maximum absolute atomic E-state index is 12.0. The van der Waals surface area contributed by atoms with Crippen molar-refractivity contribution in [1.82, 2.24) is 0 Å². The van der Waals surface area contributed by atoms with Crippen molar-refractivity contribution in [3.63, 3.8) is 0 Å². The SMILES string of the molecule is CC1CCCC(SCC(=O)c2ccc(O)cc2)C1. The number of phenolic OH excluding ortho intramolecular Hbond substituents is 1. The lowest BCUT2D eigenvalue weighted by atomic mass is 9.91. The molecule has 2 nitrogen and oxygen atoms in total. The van der Waals surface area contributed by atoms with Crippen LogP contribution in [-0.2, 0) is 0 Å². The van der Waals surface area contributed by atoms with E-state index in [1.165, 1.54) is 25.7 Å². The fourth-order valence-electron chi connectivity index (χ4n) is 2.45. The number of benzene rings is 1. The van der Waals surface area contributed by atoms with Crippen LogP contribution in [0.5, 0.6) is 5.75 Å². The molecule has 0 bridgehead atoms. The minimum Gasteiger partial charge on any atom is -0.508 e. The Kier molecular flexibility index (Phi) is 4.70. The van der Waals surface area contributed by atoms with Gasteiger partial charge < -0.3 is 5.11 Å². The Labute approximate surface area is 113 Å². The number of rotatable bonds is 4. The molecule has 1 aromatic rings. The van der Waals surface area contributed by atoms with Crippen LogP contribution in [0.25, 0.3) is 0 Å². The van der Waals surface area contributed by atoms with Crippen LogP contribution in [0.15, 0.2) is 24.3 Å². The molecule has 0 saturated heterocycles. The minimum atomic E-state index is 0.165. The van der Waals surface area contributed by atoms with Gasteiger partial charge >= 0.3 is 0 Å². The second kappa shape index (κ2) is 6.28. The number of carbonyl (C=O) groups excluding carboxylic acids is 1. The van der Waals surface area contributed by atoms with Crippen LogP contribution < -0.4 is 0 Å². The fraction of sp³-hybridized carbons (Fsp3) is 0.533. The van der Waals surface area contributed by atoms with Crippen molar-refractivity contribution in [2.45, 2.75) is 37.9 Å². The number of hydrogen-bond acceptors (Lipinski definition) is 3. The molecule has 0 amide bonds. The Balaban J connectivity index is 1.82. The quantitative estimate of drug-likeness (QED) is 0.838. The molecule has 3 heteroatoms. The average Bonchev–Trinajstić information content (AvgIpc) is 2.37. The van der Waals surface area contributed by atoms with Crippen LogP contribution in [-0.4, -0.2) is 21.9 Å². The third-order valence-corrected chi connectivity index (χ3v) is 4.86. The molecule has 0 aliphatic heterocycles. The van der Waals surface area contributed by atoms with E-state index in [1.807, 2.05) is 0 Å². The zero-order valence-electron chi connectivity index (χ0n) is 10.8. The van der Waals surface area contributed by atoms with Crippen molar-refractivity contribution < 1.29 is 9.90 Å². The Morgan fingerprint density at radius 2 is 2.06 bits per heavy atom. The Bertz CT molecular complexity index is 399. The van der Waals surface area contributed by atoms with E-state index in [9.17, 15) is 9.90 Å². The topological polar surface area (TPSA) is 37.3 Å². The third kappa shape index (κ3) is 3.77. The fourth-order valence-corrected chi connectivity index (χ4v) is 3.81. The average molecular weight is 264 g/mol. The van der Waals surface area contributed by atoms with Crippen molar-refractivity contribution in [2.75, 3.05) is 5.75 Å². The molecule has 1 aromatic carbocycles. The summed E-state index contributed by atoms with van der Waals surface area (Å²) in [5.74, 6) is 1.74. The third-order valence-electron chi connectivity index (χ3n) is 3.53. The van der Waals surface area contributed by atoms with Gasteiger partial charge in [-0.25, -0.2) is 0 Å². The van der Waals surface area contributed by atoms with Crippen LogP contribution in [0, 0.1) is 5.92 Å². The highest BCUT2D eigenvalue weighted by atomic mass is 32.2. The molecule has 0 aromatic heterocycles. The summed E-state index contributed by atoms with van der Waals surface area (Å²) >= 11 is 1.80. The zero-order valence-corrected chi connectivity index (χ0v) is 11.6. The molecule has 2 unspecified atom stereocenters. The number of thioether (sulfide) groups is 1. The molecule has 0 spiro atoms. The molecular weight excluding hydrogens is 244 g/mol. The lowest BCUT2D eigenvalue weighted by molar-refractivity contribution is 0.102. The first-order valence-electron chi connectivity index (χ1n) is 6.59.